The molecule has 1 aromatic carbocycles. The first-order valence-electron chi connectivity index (χ1n) is 8.11. The first-order valence-corrected chi connectivity index (χ1v) is 8.11. The number of nitrogens with two attached hydrogens (primary N) is 1. The van der Waals surface area contributed by atoms with Crippen molar-refractivity contribution in [3.63, 3.8) is 0 Å². The van der Waals surface area contributed by atoms with Gasteiger partial charge in [-0.05, 0) is 41.0 Å². The summed E-state index contributed by atoms with van der Waals surface area (Å²) in [5.41, 5.74) is 7.34. The van der Waals surface area contributed by atoms with Crippen molar-refractivity contribution >= 4 is 11.5 Å². The Labute approximate surface area is 144 Å². The number of hydrogen-bond acceptors (Lipinski definition) is 2. The van der Waals surface area contributed by atoms with Gasteiger partial charge < -0.3 is 5.73 Å². The molecule has 1 heterocycles. The van der Waals surface area contributed by atoms with Gasteiger partial charge in [0.05, 0.1) is 11.3 Å². The molecule has 0 saturated heterocycles. The lowest BCUT2D eigenvalue weighted by Gasteiger charge is -2.19. The van der Waals surface area contributed by atoms with Crippen LogP contribution in [0.3, 0.4) is 0 Å². The number of nitrogens with zero attached hydrogens (tertiary/aromatic N) is 3. The van der Waals surface area contributed by atoms with Gasteiger partial charge in [-0.25, -0.2) is 18.2 Å². The number of halogens is 3. The summed E-state index contributed by atoms with van der Waals surface area (Å²) in [6.45, 7) is 5.99. The van der Waals surface area contributed by atoms with E-state index in [1.807, 2.05) is 20.8 Å². The normalized spacial score (nSPS) is 19.5. The van der Waals surface area contributed by atoms with Crippen molar-refractivity contribution < 1.29 is 13.2 Å². The van der Waals surface area contributed by atoms with Crippen LogP contribution in [0.4, 0.5) is 18.9 Å². The highest BCUT2D eigenvalue weighted by Crippen LogP contribution is 2.50. The van der Waals surface area contributed by atoms with Gasteiger partial charge in [0, 0.05) is 13.2 Å². The largest absolute Gasteiger partial charge is 0.383 e. The third kappa shape index (κ3) is 2.92. The van der Waals surface area contributed by atoms with Crippen molar-refractivity contribution in [1.82, 2.24) is 9.78 Å². The molecule has 7 heteroatoms. The zero-order valence-electron chi connectivity index (χ0n) is 14.6. The number of aliphatic imine (C=N–C) groups is 1. The third-order valence-corrected chi connectivity index (χ3v) is 4.74. The van der Waals surface area contributed by atoms with Gasteiger partial charge >= 0.3 is 0 Å². The number of fused-ring (bicyclic) bond motifs is 1. The van der Waals surface area contributed by atoms with Crippen molar-refractivity contribution in [3.05, 3.63) is 46.5 Å². The fraction of sp³-hybridized carbons (Fsp3) is 0.444. The number of aryl methyl sites for hydroxylation is 1. The van der Waals surface area contributed by atoms with Crippen LogP contribution in [0.2, 0.25) is 0 Å². The first-order chi connectivity index (χ1) is 11.6. The second-order valence-corrected chi connectivity index (χ2v) is 7.24. The summed E-state index contributed by atoms with van der Waals surface area (Å²) in [6.07, 6.45) is -0.542. The van der Waals surface area contributed by atoms with Gasteiger partial charge in [-0.3, -0.25) is 4.68 Å². The van der Waals surface area contributed by atoms with Crippen molar-refractivity contribution in [3.8, 4) is 0 Å². The van der Waals surface area contributed by atoms with Gasteiger partial charge in [-0.1, -0.05) is 20.8 Å². The van der Waals surface area contributed by atoms with Crippen LogP contribution >= 0.6 is 0 Å². The summed E-state index contributed by atoms with van der Waals surface area (Å²) in [5, 5.41) is 3.74. The van der Waals surface area contributed by atoms with Crippen LogP contribution in [-0.4, -0.2) is 15.6 Å². The highest BCUT2D eigenvalue weighted by Gasteiger charge is 2.38. The lowest BCUT2D eigenvalue weighted by Crippen LogP contribution is -2.15. The molecule has 0 fully saturated rings. The molecule has 134 valence electrons. The van der Waals surface area contributed by atoms with Crippen LogP contribution in [0.25, 0.3) is 0 Å². The topological polar surface area (TPSA) is 56.2 Å². The SMILES string of the molecule is CC1CC(C)(C)c2c(F)ccc(N=C(N)c3cn(C)nc3C(F)F)c21. The molecule has 0 spiro atoms. The van der Waals surface area contributed by atoms with Gasteiger partial charge in [-0.2, -0.15) is 5.10 Å². The maximum absolute atomic E-state index is 14.4. The van der Waals surface area contributed by atoms with E-state index in [0.717, 1.165) is 12.0 Å². The van der Waals surface area contributed by atoms with E-state index < -0.39 is 12.1 Å². The predicted molar refractivity (Wildman–Crippen MR) is 91.0 cm³/mol. The summed E-state index contributed by atoms with van der Waals surface area (Å²) >= 11 is 0. The highest BCUT2D eigenvalue weighted by atomic mass is 19.3. The van der Waals surface area contributed by atoms with E-state index in [0.29, 0.717) is 11.3 Å². The third-order valence-electron chi connectivity index (χ3n) is 4.74. The lowest BCUT2D eigenvalue weighted by molar-refractivity contribution is 0.145. The Morgan fingerprint density at radius 3 is 2.72 bits per heavy atom. The number of alkyl halides is 2. The van der Waals surface area contributed by atoms with E-state index in [4.69, 9.17) is 5.73 Å². The summed E-state index contributed by atoms with van der Waals surface area (Å²) in [5.74, 6) is -0.207. The van der Waals surface area contributed by atoms with Gasteiger partial charge in [-0.15, -0.1) is 0 Å². The van der Waals surface area contributed by atoms with Crippen molar-refractivity contribution in [1.29, 1.82) is 0 Å². The average molecular weight is 350 g/mol. The molecule has 0 amide bonds. The smallest absolute Gasteiger partial charge is 0.282 e. The lowest BCUT2D eigenvalue weighted by atomic mass is 9.86. The summed E-state index contributed by atoms with van der Waals surface area (Å²) in [6, 6.07) is 2.92. The van der Waals surface area contributed by atoms with Crippen molar-refractivity contribution in [2.75, 3.05) is 0 Å². The molecule has 2 N–H and O–H groups in total. The number of rotatable bonds is 3. The zero-order chi connectivity index (χ0) is 18.5. The van der Waals surface area contributed by atoms with Crippen LogP contribution < -0.4 is 5.73 Å². The van der Waals surface area contributed by atoms with E-state index in [1.54, 1.807) is 13.1 Å². The van der Waals surface area contributed by atoms with Gasteiger partial charge in [0.25, 0.3) is 6.43 Å². The fourth-order valence-electron chi connectivity index (χ4n) is 3.89. The second-order valence-electron chi connectivity index (χ2n) is 7.24. The van der Waals surface area contributed by atoms with E-state index in [-0.39, 0.29) is 28.5 Å². The predicted octanol–water partition coefficient (Wildman–Crippen LogP) is 4.32. The van der Waals surface area contributed by atoms with E-state index >= 15 is 0 Å². The molecule has 1 aliphatic carbocycles. The van der Waals surface area contributed by atoms with Crippen LogP contribution in [0.5, 0.6) is 0 Å². The Morgan fingerprint density at radius 1 is 1.40 bits per heavy atom. The van der Waals surface area contributed by atoms with Crippen LogP contribution in [-0.2, 0) is 12.5 Å². The molecule has 1 aromatic heterocycles. The van der Waals surface area contributed by atoms with Gasteiger partial charge in [0.1, 0.15) is 17.3 Å². The summed E-state index contributed by atoms with van der Waals surface area (Å²) in [4.78, 5) is 4.36. The van der Waals surface area contributed by atoms with Gasteiger partial charge in [0.2, 0.25) is 0 Å². The van der Waals surface area contributed by atoms with E-state index in [1.165, 1.54) is 16.9 Å². The molecule has 4 nitrogen and oxygen atoms in total. The molecule has 0 radical (unpaired) electrons. The van der Waals surface area contributed by atoms with Crippen molar-refractivity contribution in [2.45, 2.75) is 45.0 Å². The first kappa shape index (κ1) is 17.5. The Bertz CT molecular complexity index is 852. The Balaban J connectivity index is 2.14. The Hall–Kier alpha value is -2.31. The maximum Gasteiger partial charge on any atom is 0.282 e. The maximum atomic E-state index is 14.4. The Kier molecular flexibility index (Phi) is 4.13. The summed E-state index contributed by atoms with van der Waals surface area (Å²) < 4.78 is 41.9. The average Bonchev–Trinajstić information content (AvgIpc) is 3.00. The fourth-order valence-corrected chi connectivity index (χ4v) is 3.89. The number of benzene rings is 1. The second kappa shape index (κ2) is 5.89. The molecule has 2 aromatic rings. The molecular formula is C18H21F3N4. The quantitative estimate of drug-likeness (QED) is 0.662. The monoisotopic (exact) mass is 350 g/mol. The summed E-state index contributed by atoms with van der Waals surface area (Å²) in [7, 11) is 1.54. The van der Waals surface area contributed by atoms with Crippen LogP contribution in [0.1, 0.15) is 61.9 Å². The van der Waals surface area contributed by atoms with E-state index in [2.05, 4.69) is 10.1 Å². The molecule has 0 bridgehead atoms. The number of amidine groups is 1. The van der Waals surface area contributed by atoms with Gasteiger partial charge in [0.15, 0.2) is 0 Å². The molecular weight excluding hydrogens is 329 g/mol. The van der Waals surface area contributed by atoms with Crippen molar-refractivity contribution in [2.24, 2.45) is 17.8 Å². The molecule has 0 aliphatic heterocycles. The molecule has 25 heavy (non-hydrogen) atoms. The number of hydrogen-bond donors (Lipinski definition) is 1. The van der Waals surface area contributed by atoms with E-state index in [9.17, 15) is 13.2 Å². The minimum Gasteiger partial charge on any atom is -0.383 e. The molecule has 3 rings (SSSR count). The van der Waals surface area contributed by atoms with Crippen LogP contribution in [0.15, 0.2) is 23.3 Å². The highest BCUT2D eigenvalue weighted by molar-refractivity contribution is 6.00. The minimum absolute atomic E-state index is 0.0471. The minimum atomic E-state index is -2.75. The molecule has 0 saturated carbocycles. The zero-order valence-corrected chi connectivity index (χ0v) is 14.6. The Morgan fingerprint density at radius 2 is 2.08 bits per heavy atom. The molecule has 1 atom stereocenters. The molecule has 1 unspecified atom stereocenters. The molecule has 1 aliphatic rings. The van der Waals surface area contributed by atoms with Crippen LogP contribution in [0, 0.1) is 5.82 Å². The standard InChI is InChI=1S/C18H21F3N4/c1-9-7-18(2,3)14-11(19)5-6-12(13(9)14)23-17(22)10-8-25(4)24-15(10)16(20)21/h5-6,8-9,16H,7H2,1-4H3,(H2,22,23). The number of aromatic nitrogens is 2.